The number of rotatable bonds is 11. The van der Waals surface area contributed by atoms with Crippen LogP contribution in [-0.2, 0) is 6.42 Å². The third-order valence-corrected chi connectivity index (χ3v) is 7.14. The van der Waals surface area contributed by atoms with E-state index in [4.69, 9.17) is 0 Å². The van der Waals surface area contributed by atoms with Crippen LogP contribution in [0, 0.1) is 23.2 Å². The Balaban J connectivity index is 2.33. The fourth-order valence-corrected chi connectivity index (χ4v) is 5.38. The standard InChI is InChI=1S/C34H47N/c1-8-13-15-23-34(22-10-3)24-16-17-29(28(11-4)21-25-34)19-20-33-31(26-27(6)7)30(12-5)32(35-33)18-14-9-2/h8-15,18-20,22-23,27-29,35H,2,4-5,16-17,21,24-26H2,1,3,6-7H3/b13-8-,18-14-,20-19-,22-10-,23-15-. The molecule has 0 spiro atoms. The first-order valence-electron chi connectivity index (χ1n) is 13.3. The highest BCUT2D eigenvalue weighted by molar-refractivity contribution is 5.71. The van der Waals surface area contributed by atoms with Gasteiger partial charge in [0.1, 0.15) is 0 Å². The van der Waals surface area contributed by atoms with E-state index in [0.29, 0.717) is 17.8 Å². The van der Waals surface area contributed by atoms with E-state index < -0.39 is 0 Å². The van der Waals surface area contributed by atoms with Crippen molar-refractivity contribution in [3.05, 3.63) is 103 Å². The van der Waals surface area contributed by atoms with Crippen LogP contribution < -0.4 is 0 Å². The highest BCUT2D eigenvalue weighted by atomic mass is 14.7. The van der Waals surface area contributed by atoms with Crippen molar-refractivity contribution >= 4 is 18.2 Å². The minimum atomic E-state index is 0.152. The van der Waals surface area contributed by atoms with Crippen LogP contribution in [0.5, 0.6) is 0 Å². The Morgan fingerprint density at radius 1 is 0.914 bits per heavy atom. The average Bonchev–Trinajstić information content (AvgIpc) is 3.15. The summed E-state index contributed by atoms with van der Waals surface area (Å²) < 4.78 is 0. The summed E-state index contributed by atoms with van der Waals surface area (Å²) in [5.74, 6) is 1.56. The summed E-state index contributed by atoms with van der Waals surface area (Å²) in [4.78, 5) is 3.66. The van der Waals surface area contributed by atoms with Gasteiger partial charge in [0.05, 0.1) is 0 Å². The lowest BCUT2D eigenvalue weighted by Crippen LogP contribution is -2.23. The van der Waals surface area contributed by atoms with Crippen LogP contribution in [0.1, 0.15) is 82.3 Å². The van der Waals surface area contributed by atoms with Gasteiger partial charge in [-0.1, -0.05) is 100 Å². The van der Waals surface area contributed by atoms with Gasteiger partial charge in [-0.25, -0.2) is 0 Å². The lowest BCUT2D eigenvalue weighted by Gasteiger charge is -2.34. The summed E-state index contributed by atoms with van der Waals surface area (Å²) in [6.07, 6.45) is 35.2. The zero-order valence-electron chi connectivity index (χ0n) is 22.6. The van der Waals surface area contributed by atoms with Crippen LogP contribution in [-0.4, -0.2) is 4.98 Å². The number of H-pyrrole nitrogens is 1. The molecule has 0 amide bonds. The third-order valence-electron chi connectivity index (χ3n) is 7.14. The molecule has 35 heavy (non-hydrogen) atoms. The SMILES string of the molecule is C=C/C=C\c1[nH]c(/C=C\C2CCCC(/C=C\C)(/C=C\C=C/C)CCC2C=C)c(CC(C)C)c1C=C. The monoisotopic (exact) mass is 469 g/mol. The van der Waals surface area contributed by atoms with Gasteiger partial charge in [0.15, 0.2) is 0 Å². The number of aromatic nitrogens is 1. The van der Waals surface area contributed by atoms with Crippen molar-refractivity contribution in [2.45, 2.75) is 66.2 Å². The molecule has 1 heteroatoms. The maximum atomic E-state index is 4.23. The van der Waals surface area contributed by atoms with E-state index in [1.165, 1.54) is 36.1 Å². The van der Waals surface area contributed by atoms with Crippen LogP contribution in [0.15, 0.2) is 80.5 Å². The molecule has 1 heterocycles. The molecular formula is C34H47N. The maximum Gasteiger partial charge on any atom is 0.0461 e. The molecule has 1 aromatic heterocycles. The van der Waals surface area contributed by atoms with Gasteiger partial charge in [0.25, 0.3) is 0 Å². The van der Waals surface area contributed by atoms with E-state index >= 15 is 0 Å². The minimum absolute atomic E-state index is 0.152. The molecule has 1 saturated carbocycles. The number of aromatic amines is 1. The zero-order chi connectivity index (χ0) is 25.7. The van der Waals surface area contributed by atoms with Crippen LogP contribution >= 0.6 is 0 Å². The maximum absolute atomic E-state index is 4.23. The first kappa shape index (κ1) is 28.4. The Kier molecular flexibility index (Phi) is 11.8. The van der Waals surface area contributed by atoms with E-state index in [9.17, 15) is 0 Å². The number of nitrogens with one attached hydrogen (secondary N) is 1. The highest BCUT2D eigenvalue weighted by Crippen LogP contribution is 2.41. The Hall–Kier alpha value is -2.80. The van der Waals surface area contributed by atoms with Crippen molar-refractivity contribution in [3.8, 4) is 0 Å². The second kappa shape index (κ2) is 14.6. The third kappa shape index (κ3) is 8.13. The van der Waals surface area contributed by atoms with Crippen molar-refractivity contribution in [2.24, 2.45) is 23.2 Å². The molecule has 1 N–H and O–H groups in total. The molecule has 1 fully saturated rings. The lowest BCUT2D eigenvalue weighted by molar-refractivity contribution is 0.280. The summed E-state index contributed by atoms with van der Waals surface area (Å²) in [5.41, 5.74) is 5.03. The van der Waals surface area contributed by atoms with Crippen molar-refractivity contribution in [3.63, 3.8) is 0 Å². The predicted octanol–water partition coefficient (Wildman–Crippen LogP) is 10.1. The molecule has 0 aromatic carbocycles. The molecule has 0 aliphatic heterocycles. The van der Waals surface area contributed by atoms with E-state index in [2.05, 4.69) is 113 Å². The Morgan fingerprint density at radius 2 is 1.71 bits per heavy atom. The molecule has 1 aliphatic rings. The molecule has 1 nitrogen and oxygen atoms in total. The van der Waals surface area contributed by atoms with E-state index in [-0.39, 0.29) is 5.41 Å². The number of allylic oxidation sites excluding steroid dienone is 10. The summed E-state index contributed by atoms with van der Waals surface area (Å²) in [6, 6.07) is 0. The van der Waals surface area contributed by atoms with Crippen LogP contribution in [0.3, 0.4) is 0 Å². The molecule has 0 bridgehead atoms. The first-order chi connectivity index (χ1) is 16.9. The van der Waals surface area contributed by atoms with Gasteiger partial charge in [0, 0.05) is 22.4 Å². The van der Waals surface area contributed by atoms with E-state index in [1.54, 1.807) is 0 Å². The number of hydrogen-bond donors (Lipinski definition) is 1. The Morgan fingerprint density at radius 3 is 2.34 bits per heavy atom. The van der Waals surface area contributed by atoms with Crippen LogP contribution in [0.2, 0.25) is 0 Å². The van der Waals surface area contributed by atoms with Crippen LogP contribution in [0.4, 0.5) is 0 Å². The summed E-state index contributed by atoms with van der Waals surface area (Å²) >= 11 is 0. The van der Waals surface area contributed by atoms with Crippen molar-refractivity contribution in [1.29, 1.82) is 0 Å². The molecule has 2 rings (SSSR count). The molecule has 3 atom stereocenters. The minimum Gasteiger partial charge on any atom is -0.355 e. The second-order valence-electron chi connectivity index (χ2n) is 10.2. The Bertz CT molecular complexity index is 974. The zero-order valence-corrected chi connectivity index (χ0v) is 22.6. The lowest BCUT2D eigenvalue weighted by atomic mass is 9.70. The predicted molar refractivity (Wildman–Crippen MR) is 159 cm³/mol. The average molecular weight is 470 g/mol. The molecule has 1 aromatic rings. The summed E-state index contributed by atoms with van der Waals surface area (Å²) in [7, 11) is 0. The van der Waals surface area contributed by atoms with E-state index in [0.717, 1.165) is 25.0 Å². The smallest absolute Gasteiger partial charge is 0.0461 e. The van der Waals surface area contributed by atoms with Gasteiger partial charge in [0.2, 0.25) is 0 Å². The quantitative estimate of drug-likeness (QED) is 0.245. The van der Waals surface area contributed by atoms with Gasteiger partial charge in [-0.3, -0.25) is 0 Å². The van der Waals surface area contributed by atoms with Gasteiger partial charge in [-0.15, -0.1) is 6.58 Å². The normalized spacial score (nSPS) is 24.3. The summed E-state index contributed by atoms with van der Waals surface area (Å²) in [6.45, 7) is 20.9. The fourth-order valence-electron chi connectivity index (χ4n) is 5.38. The van der Waals surface area contributed by atoms with Gasteiger partial charge < -0.3 is 4.98 Å². The Labute approximate surface area is 215 Å². The first-order valence-corrected chi connectivity index (χ1v) is 13.3. The topological polar surface area (TPSA) is 15.8 Å². The molecular weight excluding hydrogens is 422 g/mol. The van der Waals surface area contributed by atoms with Gasteiger partial charge in [-0.05, 0) is 81.4 Å². The summed E-state index contributed by atoms with van der Waals surface area (Å²) in [5, 5.41) is 0. The van der Waals surface area contributed by atoms with Crippen molar-refractivity contribution < 1.29 is 0 Å². The second-order valence-corrected chi connectivity index (χ2v) is 10.2. The molecule has 0 radical (unpaired) electrons. The highest BCUT2D eigenvalue weighted by Gasteiger charge is 2.29. The van der Waals surface area contributed by atoms with E-state index in [1.807, 2.05) is 18.2 Å². The van der Waals surface area contributed by atoms with Crippen molar-refractivity contribution in [2.75, 3.05) is 0 Å². The van der Waals surface area contributed by atoms with Gasteiger partial charge in [-0.2, -0.15) is 0 Å². The van der Waals surface area contributed by atoms with Crippen molar-refractivity contribution in [1.82, 2.24) is 4.98 Å². The number of hydrogen-bond acceptors (Lipinski definition) is 0. The molecule has 1 aliphatic carbocycles. The van der Waals surface area contributed by atoms with Gasteiger partial charge >= 0.3 is 0 Å². The van der Waals surface area contributed by atoms with Crippen LogP contribution in [0.25, 0.3) is 18.2 Å². The molecule has 3 unspecified atom stereocenters. The fraction of sp³-hybridized carbons (Fsp3) is 0.412. The largest absolute Gasteiger partial charge is 0.355 e. The molecule has 0 saturated heterocycles. The molecule has 188 valence electrons.